The third kappa shape index (κ3) is 8.92. The molecule has 0 saturated carbocycles. The second kappa shape index (κ2) is 13.7. The van der Waals surface area contributed by atoms with E-state index in [1.165, 1.54) is 0 Å². The van der Waals surface area contributed by atoms with Crippen molar-refractivity contribution in [1.29, 1.82) is 0 Å². The summed E-state index contributed by atoms with van der Waals surface area (Å²) in [4.78, 5) is 37.6. The van der Waals surface area contributed by atoms with Crippen molar-refractivity contribution in [2.24, 2.45) is 0 Å². The molecule has 38 heavy (non-hydrogen) atoms. The molecular weight excluding hydrogens is 530 g/mol. The highest BCUT2D eigenvalue weighted by Gasteiger charge is 2.28. The average molecular weight is 569 g/mol. The normalized spacial score (nSPS) is 17.8. The molecule has 0 aromatic heterocycles. The summed E-state index contributed by atoms with van der Waals surface area (Å²) in [5.74, 6) is -0.187. The van der Waals surface area contributed by atoms with Crippen LogP contribution in [-0.4, -0.2) is 65.4 Å². The zero-order valence-electron chi connectivity index (χ0n) is 22.1. The van der Waals surface area contributed by atoms with Crippen LogP contribution in [-0.2, 0) is 29.4 Å². The van der Waals surface area contributed by atoms with E-state index < -0.39 is 15.5 Å². The molecular formula is C25H38N4O7P2. The summed E-state index contributed by atoms with van der Waals surface area (Å²) >= 11 is 0. The topological polar surface area (TPSA) is 141 Å². The van der Waals surface area contributed by atoms with Crippen molar-refractivity contribution in [3.05, 3.63) is 59.7 Å². The van der Waals surface area contributed by atoms with Crippen molar-refractivity contribution in [2.75, 3.05) is 50.1 Å². The lowest BCUT2D eigenvalue weighted by Crippen LogP contribution is -2.39. The number of hydrogen-bond acceptors (Lipinski definition) is 6. The number of benzene rings is 2. The van der Waals surface area contributed by atoms with Gasteiger partial charge in [0.1, 0.15) is 0 Å². The van der Waals surface area contributed by atoms with Crippen LogP contribution >= 0.6 is 15.5 Å². The summed E-state index contributed by atoms with van der Waals surface area (Å²) in [6.45, 7) is 5.87. The largest absolute Gasteiger partial charge is 0.430 e. The Morgan fingerprint density at radius 3 is 2.29 bits per heavy atom. The van der Waals surface area contributed by atoms with Gasteiger partial charge in [-0.15, -0.1) is 0 Å². The number of carbonyl (C=O) groups is 1. The van der Waals surface area contributed by atoms with E-state index in [0.717, 1.165) is 31.5 Å². The van der Waals surface area contributed by atoms with Crippen molar-refractivity contribution in [1.82, 2.24) is 9.80 Å². The number of likely N-dealkylation sites (tertiary alicyclic amines) is 1. The molecule has 0 spiro atoms. The first kappa shape index (κ1) is 30.3. The maximum absolute atomic E-state index is 13.5. The van der Waals surface area contributed by atoms with Crippen LogP contribution in [0, 0.1) is 0 Å². The second-order valence-electron chi connectivity index (χ2n) is 9.09. The number of nitrogens with one attached hydrogen (secondary N) is 2. The van der Waals surface area contributed by atoms with Crippen LogP contribution in [0.2, 0.25) is 0 Å². The molecule has 1 saturated heterocycles. The van der Waals surface area contributed by atoms with Crippen LogP contribution in [0.15, 0.2) is 48.5 Å². The molecule has 210 valence electrons. The van der Waals surface area contributed by atoms with Crippen LogP contribution in [0.1, 0.15) is 43.9 Å². The standard InChI is InChI=1S/C25H38N4O7P2/c1-4-35-37(31,32)26-22-13-10-12-21(17-22)24(19-29-15-8-9-16-29)28(3)25(30)18-20-11-6-7-14-23(20)27-38(33,34)36-5-2/h6-7,10-14,17,24H,4-5,8-9,15-16,18-19H2,1-3H3,(H2,26,31,32)(H2,27,33,34)/t24-/m1/s1. The first-order valence-electron chi connectivity index (χ1n) is 12.7. The van der Waals surface area contributed by atoms with Gasteiger partial charge in [0.05, 0.1) is 25.7 Å². The van der Waals surface area contributed by atoms with Gasteiger partial charge in [0.2, 0.25) is 5.91 Å². The number of nitrogens with zero attached hydrogens (tertiary/aromatic N) is 2. The molecule has 1 amide bonds. The van der Waals surface area contributed by atoms with Crippen LogP contribution < -0.4 is 10.2 Å². The lowest BCUT2D eigenvalue weighted by Gasteiger charge is -2.32. The Morgan fingerprint density at radius 1 is 1.00 bits per heavy atom. The molecule has 3 rings (SSSR count). The molecule has 0 radical (unpaired) electrons. The van der Waals surface area contributed by atoms with Gasteiger partial charge in [0.25, 0.3) is 0 Å². The maximum atomic E-state index is 13.5. The minimum atomic E-state index is -4.07. The smallest absolute Gasteiger partial charge is 0.337 e. The summed E-state index contributed by atoms with van der Waals surface area (Å²) in [5.41, 5.74) is 2.13. The summed E-state index contributed by atoms with van der Waals surface area (Å²) in [7, 11) is -6.35. The molecule has 11 nitrogen and oxygen atoms in total. The van der Waals surface area contributed by atoms with Crippen molar-refractivity contribution in [2.45, 2.75) is 39.2 Å². The van der Waals surface area contributed by atoms with E-state index in [9.17, 15) is 23.7 Å². The number of carbonyl (C=O) groups excluding carboxylic acids is 1. The van der Waals surface area contributed by atoms with Crippen LogP contribution in [0.4, 0.5) is 11.4 Å². The Hall–Kier alpha value is -2.23. The molecule has 2 unspecified atom stereocenters. The molecule has 2 aromatic carbocycles. The lowest BCUT2D eigenvalue weighted by atomic mass is 10.0. The van der Waals surface area contributed by atoms with Crippen molar-refractivity contribution in [3.8, 4) is 0 Å². The van der Waals surface area contributed by atoms with E-state index in [1.807, 2.05) is 6.07 Å². The van der Waals surface area contributed by atoms with E-state index in [-0.39, 0.29) is 31.6 Å². The van der Waals surface area contributed by atoms with E-state index in [2.05, 4.69) is 15.1 Å². The van der Waals surface area contributed by atoms with E-state index >= 15 is 0 Å². The second-order valence-corrected chi connectivity index (χ2v) is 12.1. The Morgan fingerprint density at radius 2 is 1.63 bits per heavy atom. The molecule has 1 aliphatic heterocycles. The fraction of sp³-hybridized carbons (Fsp3) is 0.480. The fourth-order valence-electron chi connectivity index (χ4n) is 4.45. The zero-order chi connectivity index (χ0) is 27.8. The van der Waals surface area contributed by atoms with Gasteiger partial charge in [0, 0.05) is 25.0 Å². The Bertz CT molecular complexity index is 1180. The minimum absolute atomic E-state index is 0.00355. The Kier molecular flexibility index (Phi) is 10.9. The molecule has 0 bridgehead atoms. The molecule has 4 N–H and O–H groups in total. The van der Waals surface area contributed by atoms with Crippen molar-refractivity contribution < 1.29 is 32.8 Å². The third-order valence-corrected chi connectivity index (χ3v) is 8.54. The molecule has 13 heteroatoms. The zero-order valence-corrected chi connectivity index (χ0v) is 23.9. The molecule has 3 atom stereocenters. The predicted molar refractivity (Wildman–Crippen MR) is 148 cm³/mol. The van der Waals surface area contributed by atoms with Crippen LogP contribution in [0.25, 0.3) is 0 Å². The highest BCUT2D eigenvalue weighted by atomic mass is 31.2. The highest BCUT2D eigenvalue weighted by Crippen LogP contribution is 2.43. The number of anilines is 2. The van der Waals surface area contributed by atoms with Gasteiger partial charge in [-0.25, -0.2) is 9.13 Å². The van der Waals surface area contributed by atoms with Gasteiger partial charge in [0.15, 0.2) is 0 Å². The van der Waals surface area contributed by atoms with Gasteiger partial charge in [-0.1, -0.05) is 30.3 Å². The van der Waals surface area contributed by atoms with Gasteiger partial charge in [-0.3, -0.25) is 24.0 Å². The number of rotatable bonds is 14. The van der Waals surface area contributed by atoms with E-state index in [1.54, 1.807) is 68.3 Å². The van der Waals surface area contributed by atoms with Gasteiger partial charge in [-0.2, -0.15) is 0 Å². The van der Waals surface area contributed by atoms with Crippen molar-refractivity contribution in [3.63, 3.8) is 0 Å². The number of likely N-dealkylation sites (N-methyl/N-ethyl adjacent to an activating group) is 1. The number of para-hydroxylation sites is 1. The van der Waals surface area contributed by atoms with Crippen molar-refractivity contribution >= 4 is 32.8 Å². The van der Waals surface area contributed by atoms with Crippen LogP contribution in [0.5, 0.6) is 0 Å². The first-order valence-corrected chi connectivity index (χ1v) is 15.9. The Labute approximate surface area is 224 Å². The van der Waals surface area contributed by atoms with Gasteiger partial charge < -0.3 is 19.6 Å². The summed E-state index contributed by atoms with van der Waals surface area (Å²) in [6, 6.07) is 13.6. The van der Waals surface area contributed by atoms with E-state index in [4.69, 9.17) is 9.05 Å². The highest BCUT2D eigenvalue weighted by molar-refractivity contribution is 7.54. The molecule has 0 aliphatic carbocycles. The SMILES string of the molecule is CCOP(=O)(O)Nc1cccc([C@@H](CN2CCCC2)N(C)C(=O)Cc2ccccc2NP(=O)(O)OCC)c1. The summed E-state index contributed by atoms with van der Waals surface area (Å²) < 4.78 is 34.4. The summed E-state index contributed by atoms with van der Waals surface area (Å²) in [6.07, 6.45) is 2.18. The first-order chi connectivity index (χ1) is 18.0. The molecule has 2 aromatic rings. The number of amides is 1. The molecule has 1 fully saturated rings. The number of hydrogen-bond donors (Lipinski definition) is 4. The quantitative estimate of drug-likeness (QED) is 0.239. The minimum Gasteiger partial charge on any atom is -0.337 e. The van der Waals surface area contributed by atoms with Gasteiger partial charge in [-0.05, 0) is 69.1 Å². The van der Waals surface area contributed by atoms with Gasteiger partial charge >= 0.3 is 15.5 Å². The maximum Gasteiger partial charge on any atom is 0.430 e. The average Bonchev–Trinajstić information content (AvgIpc) is 3.36. The van der Waals surface area contributed by atoms with Crippen LogP contribution in [0.3, 0.4) is 0 Å². The Balaban J connectivity index is 1.84. The fourth-order valence-corrected chi connectivity index (χ4v) is 6.27. The van der Waals surface area contributed by atoms with E-state index in [0.29, 0.717) is 23.5 Å². The summed E-state index contributed by atoms with van der Waals surface area (Å²) in [5, 5.41) is 5.09. The predicted octanol–water partition coefficient (Wildman–Crippen LogP) is 4.62. The third-order valence-electron chi connectivity index (χ3n) is 6.26. The molecule has 1 heterocycles. The lowest BCUT2D eigenvalue weighted by molar-refractivity contribution is -0.131. The molecule has 1 aliphatic rings. The monoisotopic (exact) mass is 568 g/mol.